The van der Waals surface area contributed by atoms with Crippen LogP contribution in [0.5, 0.6) is 0 Å². The highest BCUT2D eigenvalue weighted by Gasteiger charge is 2.25. The minimum absolute atomic E-state index is 0.130. The van der Waals surface area contributed by atoms with E-state index in [9.17, 15) is 10.1 Å². The largest absolute Gasteiger partial charge is 0.350 e. The zero-order chi connectivity index (χ0) is 14.5. The van der Waals surface area contributed by atoms with Crippen molar-refractivity contribution in [2.24, 2.45) is 0 Å². The number of rotatable bonds is 5. The van der Waals surface area contributed by atoms with E-state index in [2.05, 4.69) is 10.3 Å². The maximum Gasteiger partial charge on any atom is 0.314 e. The summed E-state index contributed by atoms with van der Waals surface area (Å²) in [4.78, 5) is 17.2. The Bertz CT molecular complexity index is 472. The highest BCUT2D eigenvalue weighted by atomic mass is 16.6. The molecule has 1 atom stereocenters. The van der Waals surface area contributed by atoms with Crippen molar-refractivity contribution in [2.45, 2.75) is 39.2 Å². The first-order chi connectivity index (χ1) is 9.63. The summed E-state index contributed by atoms with van der Waals surface area (Å²) in [6.45, 7) is 6.29. The topological polar surface area (TPSA) is 71.3 Å². The fraction of sp³-hybridized carbons (Fsp3) is 0.643. The van der Waals surface area contributed by atoms with Gasteiger partial charge < -0.3 is 10.2 Å². The molecule has 2 heterocycles. The van der Waals surface area contributed by atoms with Crippen LogP contribution in [-0.2, 0) is 0 Å². The van der Waals surface area contributed by atoms with Crippen LogP contribution in [0.2, 0.25) is 0 Å². The number of anilines is 1. The number of aromatic nitrogens is 1. The van der Waals surface area contributed by atoms with E-state index in [0.29, 0.717) is 17.4 Å². The highest BCUT2D eigenvalue weighted by molar-refractivity contribution is 5.61. The Labute approximate surface area is 119 Å². The van der Waals surface area contributed by atoms with Crippen LogP contribution >= 0.6 is 0 Å². The van der Waals surface area contributed by atoms with Crippen LogP contribution in [0.1, 0.15) is 31.7 Å². The van der Waals surface area contributed by atoms with Crippen molar-refractivity contribution in [2.75, 3.05) is 24.5 Å². The Morgan fingerprint density at radius 2 is 2.35 bits per heavy atom. The summed E-state index contributed by atoms with van der Waals surface area (Å²) in [6, 6.07) is 2.08. The zero-order valence-electron chi connectivity index (χ0n) is 12.1. The van der Waals surface area contributed by atoms with Crippen molar-refractivity contribution in [3.8, 4) is 0 Å². The predicted octanol–water partition coefficient (Wildman–Crippen LogP) is 2.27. The predicted molar refractivity (Wildman–Crippen MR) is 79.2 cm³/mol. The van der Waals surface area contributed by atoms with E-state index in [1.807, 2.05) is 11.8 Å². The molecule has 1 saturated heterocycles. The maximum atomic E-state index is 11.3. The minimum atomic E-state index is -0.325. The molecule has 6 heteroatoms. The lowest BCUT2D eigenvalue weighted by Gasteiger charge is -2.30. The molecule has 0 amide bonds. The molecule has 20 heavy (non-hydrogen) atoms. The number of pyridine rings is 1. The Morgan fingerprint density at radius 1 is 1.55 bits per heavy atom. The van der Waals surface area contributed by atoms with Gasteiger partial charge in [0.25, 0.3) is 0 Å². The van der Waals surface area contributed by atoms with E-state index in [1.165, 1.54) is 12.8 Å². The normalized spacial score (nSPS) is 18.8. The average Bonchev–Trinajstić information content (AvgIpc) is 2.45. The average molecular weight is 278 g/mol. The van der Waals surface area contributed by atoms with Crippen LogP contribution < -0.4 is 10.2 Å². The Hall–Kier alpha value is -1.69. The molecule has 1 aliphatic rings. The second-order valence-corrected chi connectivity index (χ2v) is 5.24. The lowest BCUT2D eigenvalue weighted by atomic mass is 10.0. The van der Waals surface area contributed by atoms with Gasteiger partial charge in [-0.05, 0) is 39.3 Å². The van der Waals surface area contributed by atoms with Crippen molar-refractivity contribution >= 4 is 11.5 Å². The smallest absolute Gasteiger partial charge is 0.314 e. The van der Waals surface area contributed by atoms with Crippen LogP contribution in [0.25, 0.3) is 0 Å². The number of aryl methyl sites for hydroxylation is 1. The number of nitro groups is 1. The summed E-state index contributed by atoms with van der Waals surface area (Å²) in [7, 11) is 0. The van der Waals surface area contributed by atoms with Gasteiger partial charge in [0, 0.05) is 30.9 Å². The van der Waals surface area contributed by atoms with Crippen molar-refractivity contribution in [1.29, 1.82) is 0 Å². The molecule has 2 rings (SSSR count). The third-order valence-electron chi connectivity index (χ3n) is 3.82. The van der Waals surface area contributed by atoms with Crippen LogP contribution in [0, 0.1) is 17.0 Å². The SMILES string of the molecule is CCN(CC1CCCCN1)c1nccc(C)c1[N+](=O)[O-]. The zero-order valence-corrected chi connectivity index (χ0v) is 12.1. The number of hydrogen-bond acceptors (Lipinski definition) is 5. The van der Waals surface area contributed by atoms with Crippen LogP contribution in [0.15, 0.2) is 12.3 Å². The van der Waals surface area contributed by atoms with Crippen LogP contribution in [0.3, 0.4) is 0 Å². The Kier molecular flexibility index (Phi) is 4.89. The molecule has 0 aliphatic carbocycles. The number of likely N-dealkylation sites (N-methyl/N-ethyl adjacent to an activating group) is 1. The molecule has 0 aromatic carbocycles. The fourth-order valence-corrected chi connectivity index (χ4v) is 2.70. The molecule has 1 aromatic heterocycles. The molecule has 0 saturated carbocycles. The van der Waals surface area contributed by atoms with E-state index in [1.54, 1.807) is 19.2 Å². The van der Waals surface area contributed by atoms with E-state index in [-0.39, 0.29) is 10.6 Å². The Balaban J connectivity index is 2.22. The second kappa shape index (κ2) is 6.65. The van der Waals surface area contributed by atoms with Crippen molar-refractivity contribution < 1.29 is 4.92 Å². The summed E-state index contributed by atoms with van der Waals surface area (Å²) in [6.07, 6.45) is 5.20. The second-order valence-electron chi connectivity index (χ2n) is 5.24. The van der Waals surface area contributed by atoms with Gasteiger partial charge in [0.05, 0.1) is 4.92 Å². The summed E-state index contributed by atoms with van der Waals surface area (Å²) in [5.41, 5.74) is 0.792. The Morgan fingerprint density at radius 3 is 2.95 bits per heavy atom. The first-order valence-electron chi connectivity index (χ1n) is 7.21. The lowest BCUT2D eigenvalue weighted by molar-refractivity contribution is -0.384. The van der Waals surface area contributed by atoms with Crippen molar-refractivity contribution in [3.05, 3.63) is 27.9 Å². The minimum Gasteiger partial charge on any atom is -0.350 e. The molecule has 0 radical (unpaired) electrons. The number of nitrogens with one attached hydrogen (secondary N) is 1. The van der Waals surface area contributed by atoms with E-state index < -0.39 is 0 Å². The van der Waals surface area contributed by atoms with Gasteiger partial charge in [-0.3, -0.25) is 10.1 Å². The van der Waals surface area contributed by atoms with E-state index in [4.69, 9.17) is 0 Å². The molecule has 1 N–H and O–H groups in total. The van der Waals surface area contributed by atoms with E-state index in [0.717, 1.165) is 26.1 Å². The van der Waals surface area contributed by atoms with Gasteiger partial charge in [0.2, 0.25) is 5.82 Å². The molecule has 6 nitrogen and oxygen atoms in total. The van der Waals surface area contributed by atoms with Gasteiger partial charge in [-0.15, -0.1) is 0 Å². The van der Waals surface area contributed by atoms with Gasteiger partial charge in [-0.2, -0.15) is 0 Å². The summed E-state index contributed by atoms with van der Waals surface area (Å²) in [5, 5.41) is 14.8. The highest BCUT2D eigenvalue weighted by Crippen LogP contribution is 2.29. The molecule has 1 aliphatic heterocycles. The van der Waals surface area contributed by atoms with Gasteiger partial charge in [0.15, 0.2) is 0 Å². The third kappa shape index (κ3) is 3.25. The number of hydrogen-bond donors (Lipinski definition) is 1. The molecule has 1 fully saturated rings. The van der Waals surface area contributed by atoms with Gasteiger partial charge in [-0.25, -0.2) is 4.98 Å². The van der Waals surface area contributed by atoms with Crippen LogP contribution in [0.4, 0.5) is 11.5 Å². The summed E-state index contributed by atoms with van der Waals surface area (Å²) in [5.74, 6) is 0.491. The van der Waals surface area contributed by atoms with E-state index >= 15 is 0 Å². The first kappa shape index (κ1) is 14.7. The first-order valence-corrected chi connectivity index (χ1v) is 7.21. The fourth-order valence-electron chi connectivity index (χ4n) is 2.70. The molecule has 110 valence electrons. The number of piperidine rings is 1. The van der Waals surface area contributed by atoms with Crippen molar-refractivity contribution in [3.63, 3.8) is 0 Å². The molecule has 0 spiro atoms. The number of nitrogens with zero attached hydrogens (tertiary/aromatic N) is 3. The van der Waals surface area contributed by atoms with Crippen LogP contribution in [-0.4, -0.2) is 35.6 Å². The molecule has 0 bridgehead atoms. The molecule has 1 aromatic rings. The van der Waals surface area contributed by atoms with Gasteiger partial charge in [-0.1, -0.05) is 6.42 Å². The van der Waals surface area contributed by atoms with Gasteiger partial charge in [0.1, 0.15) is 0 Å². The lowest BCUT2D eigenvalue weighted by Crippen LogP contribution is -2.44. The van der Waals surface area contributed by atoms with Gasteiger partial charge >= 0.3 is 5.69 Å². The molecular weight excluding hydrogens is 256 g/mol. The maximum absolute atomic E-state index is 11.3. The molecular formula is C14H22N4O2. The molecule has 1 unspecified atom stereocenters. The summed E-state index contributed by atoms with van der Waals surface area (Å²) >= 11 is 0. The third-order valence-corrected chi connectivity index (χ3v) is 3.82. The monoisotopic (exact) mass is 278 g/mol. The standard InChI is InChI=1S/C14H22N4O2/c1-3-17(10-12-6-4-5-8-15-12)14-13(18(19)20)11(2)7-9-16-14/h7,9,12,15H,3-6,8,10H2,1-2H3. The summed E-state index contributed by atoms with van der Waals surface area (Å²) < 4.78 is 0. The quantitative estimate of drug-likeness (QED) is 0.661. The van der Waals surface area contributed by atoms with Crippen molar-refractivity contribution in [1.82, 2.24) is 10.3 Å².